The Kier molecular flexibility index (Phi) is 3.86. The van der Waals surface area contributed by atoms with Gasteiger partial charge in [-0.2, -0.15) is 0 Å². The molecular formula is C22H30N2O3. The van der Waals surface area contributed by atoms with Gasteiger partial charge in [-0.3, -0.25) is 9.69 Å². The van der Waals surface area contributed by atoms with Gasteiger partial charge in [0.15, 0.2) is 0 Å². The molecule has 146 valence electrons. The maximum atomic E-state index is 12.1. The number of amides is 1. The zero-order valence-corrected chi connectivity index (χ0v) is 15.9. The molecule has 1 unspecified atom stereocenters. The van der Waals surface area contributed by atoms with Crippen LogP contribution in [0.5, 0.6) is 5.75 Å². The third-order valence-corrected chi connectivity index (χ3v) is 8.20. The maximum Gasteiger partial charge on any atom is 0.252 e. The number of hydrogen-bond donors (Lipinski definition) is 3. The van der Waals surface area contributed by atoms with Crippen molar-refractivity contribution in [3.05, 3.63) is 28.8 Å². The quantitative estimate of drug-likeness (QED) is 0.763. The highest BCUT2D eigenvalue weighted by atomic mass is 16.3. The first-order valence-electron chi connectivity index (χ1n) is 10.6. The van der Waals surface area contributed by atoms with Crippen LogP contribution < -0.4 is 5.73 Å². The van der Waals surface area contributed by atoms with Crippen molar-refractivity contribution in [1.29, 1.82) is 0 Å². The van der Waals surface area contributed by atoms with Crippen LogP contribution in [0.2, 0.25) is 0 Å². The van der Waals surface area contributed by atoms with Crippen LogP contribution >= 0.6 is 0 Å². The fourth-order valence-corrected chi connectivity index (χ4v) is 6.63. The summed E-state index contributed by atoms with van der Waals surface area (Å²) in [4.78, 5) is 14.4. The smallest absolute Gasteiger partial charge is 0.252 e. The molecule has 5 heteroatoms. The molecular weight excluding hydrogens is 340 g/mol. The van der Waals surface area contributed by atoms with Crippen molar-refractivity contribution in [3.63, 3.8) is 0 Å². The molecule has 5 rings (SSSR count). The summed E-state index contributed by atoms with van der Waals surface area (Å²) < 4.78 is 0. The molecule has 0 radical (unpaired) electrons. The molecule has 0 spiro atoms. The molecule has 3 atom stereocenters. The van der Waals surface area contributed by atoms with E-state index in [9.17, 15) is 15.0 Å². The third kappa shape index (κ3) is 2.27. The van der Waals surface area contributed by atoms with Gasteiger partial charge in [-0.25, -0.2) is 0 Å². The highest BCUT2D eigenvalue weighted by Gasteiger charge is 2.64. The van der Waals surface area contributed by atoms with Crippen LogP contribution in [0.25, 0.3) is 0 Å². The number of hydrogen-bond acceptors (Lipinski definition) is 4. The number of nitrogens with two attached hydrogens (primary N) is 1. The third-order valence-electron chi connectivity index (χ3n) is 8.20. The van der Waals surface area contributed by atoms with Gasteiger partial charge < -0.3 is 15.9 Å². The summed E-state index contributed by atoms with van der Waals surface area (Å²) in [5.74, 6) is 0.193. The van der Waals surface area contributed by atoms with E-state index >= 15 is 0 Å². The van der Waals surface area contributed by atoms with Crippen LogP contribution in [0.1, 0.15) is 72.9 Å². The Morgan fingerprint density at radius 2 is 1.96 bits per heavy atom. The number of likely N-dealkylation sites (tertiary alicyclic amines) is 1. The highest BCUT2D eigenvalue weighted by molar-refractivity contribution is 5.96. The van der Waals surface area contributed by atoms with Crippen LogP contribution in [-0.2, 0) is 11.8 Å². The predicted octanol–water partition coefficient (Wildman–Crippen LogP) is 2.46. The minimum absolute atomic E-state index is 0.0196. The lowest BCUT2D eigenvalue weighted by Crippen LogP contribution is -2.72. The lowest BCUT2D eigenvalue weighted by atomic mass is 9.49. The summed E-state index contributed by atoms with van der Waals surface area (Å²) in [6, 6.07) is 3.73. The normalized spacial score (nSPS) is 35.8. The molecule has 2 bridgehead atoms. The summed E-state index contributed by atoms with van der Waals surface area (Å²) in [7, 11) is 0. The number of rotatable bonds is 3. The molecule has 3 fully saturated rings. The van der Waals surface area contributed by atoms with Crippen molar-refractivity contribution in [2.75, 3.05) is 13.1 Å². The van der Waals surface area contributed by atoms with E-state index in [0.717, 1.165) is 68.7 Å². The lowest BCUT2D eigenvalue weighted by molar-refractivity contribution is -0.169. The molecule has 1 saturated heterocycles. The molecule has 2 saturated carbocycles. The van der Waals surface area contributed by atoms with E-state index in [-0.39, 0.29) is 17.4 Å². The van der Waals surface area contributed by atoms with Crippen LogP contribution in [0.15, 0.2) is 12.1 Å². The first-order chi connectivity index (χ1) is 13.0. The second-order valence-electron chi connectivity index (χ2n) is 9.34. The van der Waals surface area contributed by atoms with Gasteiger partial charge in [-0.15, -0.1) is 0 Å². The van der Waals surface area contributed by atoms with E-state index in [1.54, 1.807) is 6.07 Å². The first kappa shape index (κ1) is 17.5. The van der Waals surface area contributed by atoms with E-state index in [0.29, 0.717) is 0 Å². The number of nitrogens with zero attached hydrogens (tertiary/aromatic N) is 1. The number of piperidine rings is 1. The van der Waals surface area contributed by atoms with E-state index in [1.807, 2.05) is 6.07 Å². The number of aromatic hydroxyl groups is 1. The van der Waals surface area contributed by atoms with Crippen molar-refractivity contribution in [2.45, 2.75) is 74.8 Å². The summed E-state index contributed by atoms with van der Waals surface area (Å²) >= 11 is 0. The average Bonchev–Trinajstić information content (AvgIpc) is 2.58. The molecule has 5 nitrogen and oxygen atoms in total. The standard InChI is InChI=1S/C22H30N2O3/c23-20(26)16-7-6-15-12-17-22(27)9-2-1-8-21(22,18(15)19(16)25)10-11-24(17)13-14-4-3-5-14/h6-7,14,17,25,27H,1-5,8-13H2,(H2,23,26)/t17?,21-,22+/m0/s1. The van der Waals surface area contributed by atoms with Gasteiger partial charge in [0.2, 0.25) is 0 Å². The van der Waals surface area contributed by atoms with Crippen molar-refractivity contribution in [1.82, 2.24) is 4.90 Å². The van der Waals surface area contributed by atoms with E-state index < -0.39 is 16.9 Å². The van der Waals surface area contributed by atoms with Gasteiger partial charge >= 0.3 is 0 Å². The van der Waals surface area contributed by atoms with Crippen LogP contribution in [0.4, 0.5) is 0 Å². The Morgan fingerprint density at radius 3 is 2.67 bits per heavy atom. The second-order valence-corrected chi connectivity index (χ2v) is 9.34. The Bertz CT molecular complexity index is 790. The SMILES string of the molecule is NC(=O)c1ccc2c(c1O)[C@@]13CCCC[C@@]1(O)C(C2)N(CC1CCC1)CC3. The zero-order valence-electron chi connectivity index (χ0n) is 15.9. The van der Waals surface area contributed by atoms with Crippen molar-refractivity contribution < 1.29 is 15.0 Å². The van der Waals surface area contributed by atoms with E-state index in [2.05, 4.69) is 4.90 Å². The molecule has 1 aromatic carbocycles. The number of benzene rings is 1. The Morgan fingerprint density at radius 1 is 1.19 bits per heavy atom. The maximum absolute atomic E-state index is 12.1. The average molecular weight is 370 g/mol. The number of phenols is 1. The second kappa shape index (κ2) is 5.95. The first-order valence-corrected chi connectivity index (χ1v) is 10.6. The molecule has 4 N–H and O–H groups in total. The topological polar surface area (TPSA) is 86.8 Å². The van der Waals surface area contributed by atoms with Gasteiger partial charge in [-0.1, -0.05) is 25.3 Å². The summed E-state index contributed by atoms with van der Waals surface area (Å²) in [6.07, 6.45) is 9.28. The van der Waals surface area contributed by atoms with Crippen molar-refractivity contribution >= 4 is 5.91 Å². The molecule has 1 amide bonds. The zero-order chi connectivity index (χ0) is 18.8. The molecule has 27 heavy (non-hydrogen) atoms. The molecule has 1 aliphatic heterocycles. The number of primary amides is 1. The summed E-state index contributed by atoms with van der Waals surface area (Å²) in [5, 5.41) is 23.1. The molecule has 1 heterocycles. The lowest BCUT2D eigenvalue weighted by Gasteiger charge is -2.64. The van der Waals surface area contributed by atoms with Crippen LogP contribution in [0.3, 0.4) is 0 Å². The number of fused-ring (bicyclic) bond motifs is 1. The van der Waals surface area contributed by atoms with Gasteiger partial charge in [-0.05, 0) is 62.6 Å². The van der Waals surface area contributed by atoms with Crippen LogP contribution in [0, 0.1) is 5.92 Å². The van der Waals surface area contributed by atoms with Gasteiger partial charge in [0.05, 0.1) is 11.2 Å². The van der Waals surface area contributed by atoms with E-state index in [1.165, 1.54) is 19.3 Å². The minimum atomic E-state index is -0.825. The Balaban J connectivity index is 1.64. The monoisotopic (exact) mass is 370 g/mol. The Hall–Kier alpha value is -1.59. The molecule has 3 aliphatic carbocycles. The molecule has 0 aromatic heterocycles. The van der Waals surface area contributed by atoms with Gasteiger partial charge in [0.1, 0.15) is 5.75 Å². The minimum Gasteiger partial charge on any atom is -0.507 e. The van der Waals surface area contributed by atoms with Gasteiger partial charge in [0.25, 0.3) is 5.91 Å². The highest BCUT2D eigenvalue weighted by Crippen LogP contribution is 2.60. The fourth-order valence-electron chi connectivity index (χ4n) is 6.63. The molecule has 4 aliphatic rings. The van der Waals surface area contributed by atoms with E-state index in [4.69, 9.17) is 5.73 Å². The number of carbonyl (C=O) groups is 1. The number of aliphatic hydroxyl groups is 1. The summed E-state index contributed by atoms with van der Waals surface area (Å²) in [5.41, 5.74) is 6.33. The summed E-state index contributed by atoms with van der Waals surface area (Å²) in [6.45, 7) is 2.05. The largest absolute Gasteiger partial charge is 0.507 e. The number of carbonyl (C=O) groups excluding carboxylic acids is 1. The fraction of sp³-hybridized carbons (Fsp3) is 0.682. The van der Waals surface area contributed by atoms with Crippen molar-refractivity contribution in [2.24, 2.45) is 11.7 Å². The molecule has 1 aromatic rings. The van der Waals surface area contributed by atoms with Gasteiger partial charge in [0, 0.05) is 23.6 Å². The Labute approximate surface area is 160 Å². The predicted molar refractivity (Wildman–Crippen MR) is 103 cm³/mol. The van der Waals surface area contributed by atoms with Crippen molar-refractivity contribution in [3.8, 4) is 5.75 Å². The van der Waals surface area contributed by atoms with Crippen LogP contribution in [-0.4, -0.2) is 45.8 Å².